The summed E-state index contributed by atoms with van der Waals surface area (Å²) in [6, 6.07) is 24.9. The molecular formula is C26H24ClNO2. The zero-order chi connectivity index (χ0) is 21.1. The zero-order valence-electron chi connectivity index (χ0n) is 17.1. The van der Waals surface area contributed by atoms with Gasteiger partial charge in [-0.15, -0.1) is 0 Å². The maximum atomic E-state index is 13.4. The number of ether oxygens (including phenoxy) is 1. The van der Waals surface area contributed by atoms with E-state index in [9.17, 15) is 4.79 Å². The van der Waals surface area contributed by atoms with Crippen LogP contribution in [0.5, 0.6) is 5.75 Å². The number of rotatable bonds is 7. The lowest BCUT2D eigenvalue weighted by atomic mass is 10.0. The number of aromatic nitrogens is 1. The number of fused-ring (bicyclic) bond motifs is 1. The summed E-state index contributed by atoms with van der Waals surface area (Å²) in [6.45, 7) is 4.14. The van der Waals surface area contributed by atoms with Crippen molar-refractivity contribution in [2.75, 3.05) is 0 Å². The van der Waals surface area contributed by atoms with E-state index in [4.69, 9.17) is 16.3 Å². The molecule has 0 spiro atoms. The molecule has 3 nitrogen and oxygen atoms in total. The van der Waals surface area contributed by atoms with E-state index in [0.29, 0.717) is 10.6 Å². The first-order chi connectivity index (χ1) is 14.6. The van der Waals surface area contributed by atoms with Crippen molar-refractivity contribution in [1.82, 2.24) is 4.57 Å². The third-order valence-electron chi connectivity index (χ3n) is 5.33. The van der Waals surface area contributed by atoms with Crippen molar-refractivity contribution in [1.29, 1.82) is 0 Å². The van der Waals surface area contributed by atoms with Gasteiger partial charge in [0, 0.05) is 28.1 Å². The van der Waals surface area contributed by atoms with Gasteiger partial charge in [-0.3, -0.25) is 4.79 Å². The highest BCUT2D eigenvalue weighted by Gasteiger charge is 2.25. The van der Waals surface area contributed by atoms with Gasteiger partial charge in [0.2, 0.25) is 0 Å². The Morgan fingerprint density at radius 3 is 2.33 bits per heavy atom. The molecule has 1 unspecified atom stereocenters. The molecule has 0 amide bonds. The normalized spacial score (nSPS) is 12.1. The molecule has 4 rings (SSSR count). The summed E-state index contributed by atoms with van der Waals surface area (Å²) in [7, 11) is 0. The summed E-state index contributed by atoms with van der Waals surface area (Å²) in [5.74, 6) is 0.788. The third-order valence-corrected chi connectivity index (χ3v) is 5.58. The fourth-order valence-electron chi connectivity index (χ4n) is 3.94. The van der Waals surface area contributed by atoms with Gasteiger partial charge in [0.05, 0.1) is 11.1 Å². The van der Waals surface area contributed by atoms with Crippen LogP contribution in [0.1, 0.15) is 47.6 Å². The van der Waals surface area contributed by atoms with Crippen molar-refractivity contribution in [3.8, 4) is 5.75 Å². The van der Waals surface area contributed by atoms with Crippen LogP contribution in [0, 0.1) is 6.92 Å². The predicted octanol–water partition coefficient (Wildman–Crippen LogP) is 7.21. The van der Waals surface area contributed by atoms with E-state index in [1.807, 2.05) is 79.7 Å². The lowest BCUT2D eigenvalue weighted by molar-refractivity contribution is 0.103. The van der Waals surface area contributed by atoms with Gasteiger partial charge in [0.25, 0.3) is 0 Å². The number of ketones is 1. The average Bonchev–Trinajstić information content (AvgIpc) is 3.07. The van der Waals surface area contributed by atoms with Crippen LogP contribution in [0.25, 0.3) is 10.9 Å². The van der Waals surface area contributed by atoms with Crippen LogP contribution in [0.4, 0.5) is 0 Å². The van der Waals surface area contributed by atoms with Gasteiger partial charge in [0.1, 0.15) is 5.75 Å². The van der Waals surface area contributed by atoms with Crippen LogP contribution < -0.4 is 4.74 Å². The molecule has 4 aromatic rings. The maximum Gasteiger partial charge on any atom is 0.195 e. The van der Waals surface area contributed by atoms with Crippen LogP contribution in [-0.2, 0) is 0 Å². The van der Waals surface area contributed by atoms with Gasteiger partial charge >= 0.3 is 0 Å². The summed E-state index contributed by atoms with van der Waals surface area (Å²) < 4.78 is 8.53. The lowest BCUT2D eigenvalue weighted by Gasteiger charge is -2.23. The second-order valence-electron chi connectivity index (χ2n) is 7.36. The van der Waals surface area contributed by atoms with Crippen LogP contribution in [0.2, 0.25) is 5.02 Å². The molecule has 0 radical (unpaired) electrons. The predicted molar refractivity (Wildman–Crippen MR) is 123 cm³/mol. The number of benzene rings is 3. The second-order valence-corrected chi connectivity index (χ2v) is 7.79. The minimum Gasteiger partial charge on any atom is -0.470 e. The van der Waals surface area contributed by atoms with E-state index >= 15 is 0 Å². The number of halogens is 1. The molecule has 0 aliphatic carbocycles. The molecule has 4 heteroatoms. The fraction of sp³-hybridized carbons (Fsp3) is 0.192. The van der Waals surface area contributed by atoms with Gasteiger partial charge in [0.15, 0.2) is 12.0 Å². The molecule has 0 fully saturated rings. The zero-order valence-corrected chi connectivity index (χ0v) is 17.9. The molecule has 0 aliphatic heterocycles. The van der Waals surface area contributed by atoms with E-state index in [2.05, 4.69) is 17.6 Å². The quantitative estimate of drug-likeness (QED) is 0.297. The Labute approximate surface area is 181 Å². The Kier molecular flexibility index (Phi) is 5.91. The van der Waals surface area contributed by atoms with Gasteiger partial charge < -0.3 is 9.30 Å². The number of para-hydroxylation sites is 1. The van der Waals surface area contributed by atoms with Crippen LogP contribution in [-0.4, -0.2) is 10.4 Å². The number of carbonyl (C=O) groups excluding carboxylic acids is 1. The van der Waals surface area contributed by atoms with E-state index in [-0.39, 0.29) is 12.0 Å². The third kappa shape index (κ3) is 3.86. The Hall–Kier alpha value is -3.04. The summed E-state index contributed by atoms with van der Waals surface area (Å²) in [5.41, 5.74) is 3.34. The van der Waals surface area contributed by atoms with Gasteiger partial charge in [-0.2, -0.15) is 0 Å². The molecule has 30 heavy (non-hydrogen) atoms. The lowest BCUT2D eigenvalue weighted by Crippen LogP contribution is -2.17. The van der Waals surface area contributed by atoms with E-state index in [1.54, 1.807) is 0 Å². The molecule has 1 atom stereocenters. The largest absolute Gasteiger partial charge is 0.470 e. The Balaban J connectivity index is 1.84. The second kappa shape index (κ2) is 8.76. The van der Waals surface area contributed by atoms with Gasteiger partial charge in [-0.25, -0.2) is 0 Å². The minimum atomic E-state index is -0.224. The molecule has 0 saturated heterocycles. The average molecular weight is 418 g/mol. The van der Waals surface area contributed by atoms with Crippen molar-refractivity contribution in [2.45, 2.75) is 32.9 Å². The molecule has 0 bridgehead atoms. The van der Waals surface area contributed by atoms with Crippen molar-refractivity contribution in [2.24, 2.45) is 0 Å². The molecule has 3 aromatic carbocycles. The highest BCUT2D eigenvalue weighted by Crippen LogP contribution is 2.33. The molecule has 1 aromatic heterocycles. The summed E-state index contributed by atoms with van der Waals surface area (Å²) in [4.78, 5) is 13.4. The Morgan fingerprint density at radius 1 is 0.967 bits per heavy atom. The van der Waals surface area contributed by atoms with Gasteiger partial charge in [-0.05, 0) is 37.3 Å². The number of carbonyl (C=O) groups is 1. The minimum absolute atomic E-state index is 0.0322. The van der Waals surface area contributed by atoms with Crippen molar-refractivity contribution >= 4 is 28.3 Å². The molecule has 152 valence electrons. The highest BCUT2D eigenvalue weighted by molar-refractivity contribution is 6.30. The van der Waals surface area contributed by atoms with Crippen molar-refractivity contribution < 1.29 is 9.53 Å². The SMILES string of the molecule is CCCC(Oc1ccc(Cl)cc1)n1c(C)c(C(=O)c2ccccc2)c2ccccc21. The molecule has 0 N–H and O–H groups in total. The first-order valence-electron chi connectivity index (χ1n) is 10.2. The first-order valence-corrected chi connectivity index (χ1v) is 10.6. The van der Waals surface area contributed by atoms with E-state index in [1.165, 1.54) is 0 Å². The molecule has 0 aliphatic rings. The topological polar surface area (TPSA) is 31.2 Å². The number of nitrogens with zero attached hydrogens (tertiary/aromatic N) is 1. The molecule has 1 heterocycles. The Morgan fingerprint density at radius 2 is 1.63 bits per heavy atom. The van der Waals surface area contributed by atoms with E-state index in [0.717, 1.165) is 40.8 Å². The fourth-order valence-corrected chi connectivity index (χ4v) is 4.07. The number of hydrogen-bond acceptors (Lipinski definition) is 2. The van der Waals surface area contributed by atoms with Crippen molar-refractivity contribution in [3.63, 3.8) is 0 Å². The smallest absolute Gasteiger partial charge is 0.195 e. The van der Waals surface area contributed by atoms with Gasteiger partial charge in [-0.1, -0.05) is 73.5 Å². The summed E-state index contributed by atoms with van der Waals surface area (Å²) >= 11 is 6.03. The van der Waals surface area contributed by atoms with Crippen molar-refractivity contribution in [3.05, 3.63) is 101 Å². The van der Waals surface area contributed by atoms with Crippen LogP contribution in [0.15, 0.2) is 78.9 Å². The summed E-state index contributed by atoms with van der Waals surface area (Å²) in [6.07, 6.45) is 1.55. The highest BCUT2D eigenvalue weighted by atomic mass is 35.5. The standard InChI is InChI=1S/C26H24ClNO2/c1-3-9-24(30-21-16-14-20(27)15-17-21)28-18(2)25(22-12-7-8-13-23(22)28)26(29)19-10-5-4-6-11-19/h4-8,10-17,24H,3,9H2,1-2H3. The number of hydrogen-bond donors (Lipinski definition) is 0. The summed E-state index contributed by atoms with van der Waals surface area (Å²) in [5, 5.41) is 1.62. The Bertz CT molecular complexity index is 1160. The van der Waals surface area contributed by atoms with E-state index < -0.39 is 0 Å². The monoisotopic (exact) mass is 417 g/mol. The molecule has 0 saturated carbocycles. The maximum absolute atomic E-state index is 13.4. The molecular weight excluding hydrogens is 394 g/mol. The van der Waals surface area contributed by atoms with Crippen LogP contribution in [0.3, 0.4) is 0 Å². The first kappa shape index (κ1) is 20.2. The van der Waals surface area contributed by atoms with Crippen LogP contribution >= 0.6 is 11.6 Å².